The number of hydrogen-bond acceptors (Lipinski definition) is 3. The second-order valence-electron chi connectivity index (χ2n) is 8.00. The molecule has 0 aliphatic rings. The molecule has 0 spiro atoms. The van der Waals surface area contributed by atoms with Crippen LogP contribution in [0.3, 0.4) is 0 Å². The van der Waals surface area contributed by atoms with E-state index in [9.17, 15) is 4.79 Å². The normalized spacial score (nSPS) is 11.1. The van der Waals surface area contributed by atoms with Crippen molar-refractivity contribution in [2.75, 3.05) is 0 Å². The van der Waals surface area contributed by atoms with Crippen LogP contribution in [-0.2, 0) is 17.8 Å². The molecule has 4 aromatic carbocycles. The van der Waals surface area contributed by atoms with Gasteiger partial charge in [-0.3, -0.25) is 4.79 Å². The lowest BCUT2D eigenvalue weighted by molar-refractivity contribution is -0.120. The first-order valence-corrected chi connectivity index (χ1v) is 11.1. The van der Waals surface area contributed by atoms with E-state index in [1.54, 1.807) is 6.21 Å². The maximum atomic E-state index is 12.4. The van der Waals surface area contributed by atoms with Crippen LogP contribution in [0.4, 0.5) is 0 Å². The Labute approximate surface area is 198 Å². The molecule has 0 bridgehead atoms. The molecule has 0 saturated heterocycles. The van der Waals surface area contributed by atoms with Gasteiger partial charge in [0, 0.05) is 10.6 Å². The lowest BCUT2D eigenvalue weighted by Gasteiger charge is -2.12. The predicted molar refractivity (Wildman–Crippen MR) is 135 cm³/mol. The number of nitrogens with one attached hydrogen (secondary N) is 1. The van der Waals surface area contributed by atoms with E-state index in [0.29, 0.717) is 17.4 Å². The van der Waals surface area contributed by atoms with E-state index in [1.807, 2.05) is 85.8 Å². The number of amides is 1. The van der Waals surface area contributed by atoms with Crippen molar-refractivity contribution in [1.82, 2.24) is 5.43 Å². The fourth-order valence-electron chi connectivity index (χ4n) is 3.58. The first kappa shape index (κ1) is 22.6. The first-order chi connectivity index (χ1) is 16.0. The number of nitrogens with zero attached hydrogens (tertiary/aromatic N) is 1. The quantitative estimate of drug-likeness (QED) is 0.259. The monoisotopic (exact) mass is 456 g/mol. The summed E-state index contributed by atoms with van der Waals surface area (Å²) in [5.41, 5.74) is 7.81. The van der Waals surface area contributed by atoms with Crippen LogP contribution in [0, 0.1) is 13.8 Å². The summed E-state index contributed by atoms with van der Waals surface area (Å²) in [6.45, 7) is 4.50. The second-order valence-corrected chi connectivity index (χ2v) is 8.44. The summed E-state index contributed by atoms with van der Waals surface area (Å²) >= 11 is 5.98. The molecule has 4 aromatic rings. The highest BCUT2D eigenvalue weighted by atomic mass is 35.5. The van der Waals surface area contributed by atoms with Crippen LogP contribution in [0.5, 0.6) is 5.75 Å². The van der Waals surface area contributed by atoms with Gasteiger partial charge in [0.05, 0.1) is 12.6 Å². The molecule has 1 N–H and O–H groups in total. The van der Waals surface area contributed by atoms with Gasteiger partial charge in [-0.05, 0) is 65.1 Å². The highest BCUT2D eigenvalue weighted by Crippen LogP contribution is 2.27. The number of hydrazone groups is 1. The van der Waals surface area contributed by atoms with Gasteiger partial charge in [0.1, 0.15) is 12.4 Å². The zero-order valence-electron chi connectivity index (χ0n) is 18.6. The fourth-order valence-corrected chi connectivity index (χ4v) is 3.71. The lowest BCUT2D eigenvalue weighted by atomic mass is 10.0. The van der Waals surface area contributed by atoms with Crippen molar-refractivity contribution in [3.05, 3.63) is 112 Å². The van der Waals surface area contributed by atoms with Crippen molar-refractivity contribution >= 4 is 34.5 Å². The van der Waals surface area contributed by atoms with Gasteiger partial charge >= 0.3 is 0 Å². The molecule has 0 unspecified atom stereocenters. The number of fused-ring (bicyclic) bond motifs is 1. The third-order valence-electron chi connectivity index (χ3n) is 5.56. The SMILES string of the molecule is Cc1ccc(CC(=O)N/N=C\c2c(OCc3ccc(Cl)cc3)ccc3ccccc23)cc1C. The molecule has 0 saturated carbocycles. The van der Waals surface area contributed by atoms with Crippen LogP contribution in [-0.4, -0.2) is 12.1 Å². The van der Waals surface area contributed by atoms with Crippen LogP contribution in [0.25, 0.3) is 10.8 Å². The molecule has 0 atom stereocenters. The van der Waals surface area contributed by atoms with Crippen molar-refractivity contribution in [2.24, 2.45) is 5.10 Å². The number of rotatable bonds is 7. The van der Waals surface area contributed by atoms with E-state index >= 15 is 0 Å². The minimum Gasteiger partial charge on any atom is -0.488 e. The minimum atomic E-state index is -0.168. The van der Waals surface area contributed by atoms with E-state index in [1.165, 1.54) is 11.1 Å². The van der Waals surface area contributed by atoms with Crippen molar-refractivity contribution in [3.8, 4) is 5.75 Å². The van der Waals surface area contributed by atoms with E-state index in [-0.39, 0.29) is 12.3 Å². The van der Waals surface area contributed by atoms with Gasteiger partial charge in [-0.15, -0.1) is 0 Å². The van der Waals surface area contributed by atoms with Gasteiger partial charge < -0.3 is 4.74 Å². The lowest BCUT2D eigenvalue weighted by Crippen LogP contribution is -2.20. The number of benzene rings is 4. The van der Waals surface area contributed by atoms with Crippen LogP contribution in [0.2, 0.25) is 5.02 Å². The average Bonchev–Trinajstić information content (AvgIpc) is 2.81. The summed E-state index contributed by atoms with van der Waals surface area (Å²) in [5, 5.41) is 6.99. The number of ether oxygens (including phenoxy) is 1. The summed E-state index contributed by atoms with van der Waals surface area (Å²) in [6, 6.07) is 25.5. The molecule has 0 aromatic heterocycles. The Hall–Kier alpha value is -3.63. The maximum absolute atomic E-state index is 12.4. The summed E-state index contributed by atoms with van der Waals surface area (Å²) in [7, 11) is 0. The van der Waals surface area contributed by atoms with Gasteiger partial charge in [-0.25, -0.2) is 5.43 Å². The van der Waals surface area contributed by atoms with Gasteiger partial charge in [-0.2, -0.15) is 5.10 Å². The molecule has 0 heterocycles. The Balaban J connectivity index is 1.51. The van der Waals surface area contributed by atoms with Gasteiger partial charge in [0.25, 0.3) is 0 Å². The molecule has 0 radical (unpaired) electrons. The maximum Gasteiger partial charge on any atom is 0.244 e. The molecule has 166 valence electrons. The number of aryl methyl sites for hydroxylation is 2. The summed E-state index contributed by atoms with van der Waals surface area (Å²) in [5.74, 6) is 0.522. The number of carbonyl (C=O) groups excluding carboxylic acids is 1. The Morgan fingerprint density at radius 1 is 0.939 bits per heavy atom. The molecule has 4 rings (SSSR count). The summed E-state index contributed by atoms with van der Waals surface area (Å²) in [6.07, 6.45) is 1.92. The smallest absolute Gasteiger partial charge is 0.244 e. The molecule has 4 nitrogen and oxygen atoms in total. The van der Waals surface area contributed by atoms with Gasteiger partial charge in [0.2, 0.25) is 5.91 Å². The molecule has 0 fully saturated rings. The largest absolute Gasteiger partial charge is 0.488 e. The molecule has 5 heteroatoms. The minimum absolute atomic E-state index is 0.168. The van der Waals surface area contributed by atoms with Crippen molar-refractivity contribution in [1.29, 1.82) is 0 Å². The van der Waals surface area contributed by atoms with Crippen molar-refractivity contribution in [3.63, 3.8) is 0 Å². The van der Waals surface area contributed by atoms with E-state index in [4.69, 9.17) is 16.3 Å². The van der Waals surface area contributed by atoms with Gasteiger partial charge in [-0.1, -0.05) is 72.3 Å². The topological polar surface area (TPSA) is 50.7 Å². The molecule has 33 heavy (non-hydrogen) atoms. The number of hydrogen-bond donors (Lipinski definition) is 1. The number of carbonyl (C=O) groups is 1. The van der Waals surface area contributed by atoms with Crippen LogP contribution < -0.4 is 10.2 Å². The zero-order chi connectivity index (χ0) is 23.2. The van der Waals surface area contributed by atoms with E-state index in [0.717, 1.165) is 27.5 Å². The van der Waals surface area contributed by atoms with E-state index < -0.39 is 0 Å². The molecule has 1 amide bonds. The molecular weight excluding hydrogens is 432 g/mol. The highest BCUT2D eigenvalue weighted by Gasteiger charge is 2.09. The Kier molecular flexibility index (Phi) is 7.06. The first-order valence-electron chi connectivity index (χ1n) is 10.8. The van der Waals surface area contributed by atoms with Crippen LogP contribution >= 0.6 is 11.6 Å². The standard InChI is InChI=1S/C28H25ClN2O2/c1-19-7-8-22(15-20(19)2)16-28(32)31-30-17-26-25-6-4-3-5-23(25)11-14-27(26)33-18-21-9-12-24(29)13-10-21/h3-15,17H,16,18H2,1-2H3,(H,31,32)/b30-17-. The predicted octanol–water partition coefficient (Wildman–Crippen LogP) is 6.38. The third-order valence-corrected chi connectivity index (χ3v) is 5.81. The van der Waals surface area contributed by atoms with Crippen LogP contribution in [0.15, 0.2) is 84.0 Å². The molecular formula is C28H25ClN2O2. The van der Waals surface area contributed by atoms with E-state index in [2.05, 4.69) is 17.5 Å². The Bertz CT molecular complexity index is 1310. The van der Waals surface area contributed by atoms with Crippen LogP contribution in [0.1, 0.15) is 27.8 Å². The number of halogens is 1. The molecule has 0 aliphatic heterocycles. The highest BCUT2D eigenvalue weighted by molar-refractivity contribution is 6.30. The van der Waals surface area contributed by atoms with Crippen molar-refractivity contribution < 1.29 is 9.53 Å². The zero-order valence-corrected chi connectivity index (χ0v) is 19.4. The summed E-state index contributed by atoms with van der Waals surface area (Å²) < 4.78 is 6.10. The third kappa shape index (κ3) is 5.79. The fraction of sp³-hybridized carbons (Fsp3) is 0.143. The Morgan fingerprint density at radius 3 is 2.48 bits per heavy atom. The molecule has 0 aliphatic carbocycles. The van der Waals surface area contributed by atoms with Crippen molar-refractivity contribution in [2.45, 2.75) is 26.9 Å². The Morgan fingerprint density at radius 2 is 1.70 bits per heavy atom. The average molecular weight is 457 g/mol. The summed E-state index contributed by atoms with van der Waals surface area (Å²) in [4.78, 5) is 12.4. The second kappa shape index (κ2) is 10.3. The van der Waals surface area contributed by atoms with Gasteiger partial charge in [0.15, 0.2) is 0 Å².